The van der Waals surface area contributed by atoms with Gasteiger partial charge in [0.15, 0.2) is 0 Å². The predicted octanol–water partition coefficient (Wildman–Crippen LogP) is 1.16. The molecule has 1 aliphatic heterocycles. The minimum absolute atomic E-state index is 0.00837. The lowest BCUT2D eigenvalue weighted by atomic mass is 10.1. The number of methoxy groups -OCH3 is 1. The molecule has 1 heterocycles. The second-order valence-corrected chi connectivity index (χ2v) is 6.09. The van der Waals surface area contributed by atoms with Crippen molar-refractivity contribution in [1.29, 1.82) is 0 Å². The zero-order valence-electron chi connectivity index (χ0n) is 15.1. The van der Waals surface area contributed by atoms with Crippen molar-refractivity contribution in [2.24, 2.45) is 0 Å². The molecule has 0 atom stereocenters. The Balaban J connectivity index is 1.71. The average molecular weight is 348 g/mol. The lowest BCUT2D eigenvalue weighted by molar-refractivity contribution is -0.122. The molecule has 7 nitrogen and oxygen atoms in total. The van der Waals surface area contributed by atoms with Crippen LogP contribution in [-0.4, -0.2) is 74.7 Å². The lowest BCUT2D eigenvalue weighted by Gasteiger charge is -2.34. The zero-order chi connectivity index (χ0) is 18.1. The topological polar surface area (TPSA) is 73.9 Å². The summed E-state index contributed by atoms with van der Waals surface area (Å²) in [5.74, 6) is -0.00837. The van der Waals surface area contributed by atoms with E-state index in [-0.39, 0.29) is 11.9 Å². The Morgan fingerprint density at radius 2 is 1.80 bits per heavy atom. The number of hydrogen-bond acceptors (Lipinski definition) is 4. The van der Waals surface area contributed by atoms with Crippen LogP contribution in [0.1, 0.15) is 12.5 Å². The van der Waals surface area contributed by atoms with Crippen molar-refractivity contribution in [3.63, 3.8) is 0 Å². The van der Waals surface area contributed by atoms with Crippen molar-refractivity contribution in [3.8, 4) is 0 Å². The summed E-state index contributed by atoms with van der Waals surface area (Å²) in [6, 6.07) is 7.81. The van der Waals surface area contributed by atoms with Crippen LogP contribution in [0.15, 0.2) is 24.3 Å². The minimum atomic E-state index is -0.0894. The summed E-state index contributed by atoms with van der Waals surface area (Å²) in [6.45, 7) is 6.12. The Morgan fingerprint density at radius 1 is 1.12 bits per heavy atom. The Labute approximate surface area is 149 Å². The molecule has 0 aliphatic carbocycles. The molecule has 2 N–H and O–H groups in total. The molecular formula is C18H28N4O3. The van der Waals surface area contributed by atoms with E-state index in [1.807, 2.05) is 24.3 Å². The maximum atomic E-state index is 12.3. The smallest absolute Gasteiger partial charge is 0.321 e. The highest BCUT2D eigenvalue weighted by atomic mass is 16.5. The minimum Gasteiger partial charge on any atom is -0.383 e. The normalized spacial score (nSPS) is 15.0. The van der Waals surface area contributed by atoms with Gasteiger partial charge in [0.2, 0.25) is 5.91 Å². The van der Waals surface area contributed by atoms with Crippen LogP contribution in [0.4, 0.5) is 10.5 Å². The van der Waals surface area contributed by atoms with Gasteiger partial charge in [-0.2, -0.15) is 0 Å². The Bertz CT molecular complexity index is 554. The second-order valence-electron chi connectivity index (χ2n) is 6.09. The third-order valence-corrected chi connectivity index (χ3v) is 4.27. The molecule has 0 aromatic heterocycles. The molecule has 1 fully saturated rings. The number of rotatable bonds is 7. The summed E-state index contributed by atoms with van der Waals surface area (Å²) >= 11 is 0. The molecule has 138 valence electrons. The van der Waals surface area contributed by atoms with E-state index in [4.69, 9.17) is 4.74 Å². The first-order valence-corrected chi connectivity index (χ1v) is 8.75. The van der Waals surface area contributed by atoms with Gasteiger partial charge >= 0.3 is 6.03 Å². The summed E-state index contributed by atoms with van der Waals surface area (Å²) in [5, 5.41) is 5.74. The van der Waals surface area contributed by atoms with E-state index < -0.39 is 0 Å². The molecule has 1 aliphatic rings. The van der Waals surface area contributed by atoms with Gasteiger partial charge in [-0.15, -0.1) is 0 Å². The van der Waals surface area contributed by atoms with Crippen molar-refractivity contribution in [3.05, 3.63) is 29.8 Å². The molecule has 0 saturated carbocycles. The van der Waals surface area contributed by atoms with Gasteiger partial charge in [0.05, 0.1) is 13.2 Å². The van der Waals surface area contributed by atoms with E-state index in [1.54, 1.807) is 12.0 Å². The number of carbonyl (C=O) groups excluding carboxylic acids is 2. The maximum absolute atomic E-state index is 12.3. The van der Waals surface area contributed by atoms with Gasteiger partial charge in [-0.3, -0.25) is 9.69 Å². The molecule has 0 spiro atoms. The Morgan fingerprint density at radius 3 is 2.40 bits per heavy atom. The van der Waals surface area contributed by atoms with Gasteiger partial charge in [0.1, 0.15) is 0 Å². The third-order valence-electron chi connectivity index (χ3n) is 4.27. The standard InChI is InChI=1S/C18H28N4O3/c1-3-15-4-6-16(7-5-15)20-18(24)22-11-9-21(10-12-22)14-17(23)19-8-13-25-2/h4-7H,3,8-14H2,1-2H3,(H,19,23)(H,20,24). The fraction of sp³-hybridized carbons (Fsp3) is 0.556. The van der Waals surface area contributed by atoms with Crippen LogP contribution in [0.2, 0.25) is 0 Å². The van der Waals surface area contributed by atoms with Crippen molar-refractivity contribution in [2.45, 2.75) is 13.3 Å². The number of hydrogen-bond donors (Lipinski definition) is 2. The van der Waals surface area contributed by atoms with E-state index in [2.05, 4.69) is 22.5 Å². The largest absolute Gasteiger partial charge is 0.383 e. The fourth-order valence-corrected chi connectivity index (χ4v) is 2.69. The number of amides is 3. The Kier molecular flexibility index (Phi) is 7.69. The molecule has 1 saturated heterocycles. The van der Waals surface area contributed by atoms with Crippen LogP contribution in [0.25, 0.3) is 0 Å². The highest BCUT2D eigenvalue weighted by Gasteiger charge is 2.22. The van der Waals surface area contributed by atoms with Crippen LogP contribution < -0.4 is 10.6 Å². The highest BCUT2D eigenvalue weighted by Crippen LogP contribution is 2.11. The molecule has 0 unspecified atom stereocenters. The number of ether oxygens (including phenoxy) is 1. The zero-order valence-corrected chi connectivity index (χ0v) is 15.1. The number of carbonyl (C=O) groups is 2. The molecule has 1 aromatic rings. The molecule has 7 heteroatoms. The molecular weight excluding hydrogens is 320 g/mol. The van der Waals surface area contributed by atoms with Gasteiger partial charge < -0.3 is 20.3 Å². The molecule has 0 radical (unpaired) electrons. The number of aryl methyl sites for hydroxylation is 1. The third kappa shape index (κ3) is 6.36. The van der Waals surface area contributed by atoms with Gasteiger partial charge in [0, 0.05) is 45.5 Å². The second kappa shape index (κ2) is 10.0. The Hall–Kier alpha value is -2.12. The van der Waals surface area contributed by atoms with Gasteiger partial charge in [0.25, 0.3) is 0 Å². The highest BCUT2D eigenvalue weighted by molar-refractivity contribution is 5.89. The van der Waals surface area contributed by atoms with Crippen LogP contribution in [0, 0.1) is 0 Å². The number of piperazine rings is 1. The summed E-state index contributed by atoms with van der Waals surface area (Å²) in [6.07, 6.45) is 0.981. The quantitative estimate of drug-likeness (QED) is 0.725. The lowest BCUT2D eigenvalue weighted by Crippen LogP contribution is -2.52. The van der Waals surface area contributed by atoms with E-state index in [9.17, 15) is 9.59 Å². The fourth-order valence-electron chi connectivity index (χ4n) is 2.69. The van der Waals surface area contributed by atoms with Gasteiger partial charge in [-0.1, -0.05) is 19.1 Å². The van der Waals surface area contributed by atoms with Crippen molar-refractivity contribution in [2.75, 3.05) is 58.3 Å². The summed E-state index contributed by atoms with van der Waals surface area (Å²) in [5.41, 5.74) is 2.05. The first kappa shape index (κ1) is 19.2. The SMILES string of the molecule is CCc1ccc(NC(=O)N2CCN(CC(=O)NCCOC)CC2)cc1. The number of urea groups is 1. The van der Waals surface area contributed by atoms with Crippen molar-refractivity contribution < 1.29 is 14.3 Å². The van der Waals surface area contributed by atoms with E-state index in [1.165, 1.54) is 5.56 Å². The molecule has 25 heavy (non-hydrogen) atoms. The summed E-state index contributed by atoms with van der Waals surface area (Å²) in [7, 11) is 1.61. The molecule has 3 amide bonds. The van der Waals surface area contributed by atoms with Crippen molar-refractivity contribution in [1.82, 2.24) is 15.1 Å². The predicted molar refractivity (Wildman–Crippen MR) is 97.7 cm³/mol. The number of nitrogens with one attached hydrogen (secondary N) is 2. The van der Waals surface area contributed by atoms with Crippen LogP contribution >= 0.6 is 0 Å². The van der Waals surface area contributed by atoms with Crippen molar-refractivity contribution >= 4 is 17.6 Å². The number of benzene rings is 1. The van der Waals surface area contributed by atoms with Gasteiger partial charge in [-0.05, 0) is 24.1 Å². The van der Waals surface area contributed by atoms with E-state index in [0.717, 1.165) is 12.1 Å². The van der Waals surface area contributed by atoms with Crippen LogP contribution in [0.3, 0.4) is 0 Å². The molecule has 1 aromatic carbocycles. The van der Waals surface area contributed by atoms with E-state index in [0.29, 0.717) is 45.9 Å². The van der Waals surface area contributed by atoms with Gasteiger partial charge in [-0.25, -0.2) is 4.79 Å². The first-order chi connectivity index (χ1) is 12.1. The summed E-state index contributed by atoms with van der Waals surface area (Å²) < 4.78 is 4.90. The first-order valence-electron chi connectivity index (χ1n) is 8.75. The number of anilines is 1. The van der Waals surface area contributed by atoms with Crippen LogP contribution in [0.5, 0.6) is 0 Å². The monoisotopic (exact) mass is 348 g/mol. The van der Waals surface area contributed by atoms with Crippen LogP contribution in [-0.2, 0) is 16.0 Å². The maximum Gasteiger partial charge on any atom is 0.321 e. The molecule has 0 bridgehead atoms. The van der Waals surface area contributed by atoms with E-state index >= 15 is 0 Å². The summed E-state index contributed by atoms with van der Waals surface area (Å²) in [4.78, 5) is 28.0. The number of nitrogens with zero attached hydrogens (tertiary/aromatic N) is 2. The average Bonchev–Trinajstić information content (AvgIpc) is 2.63. The molecule has 2 rings (SSSR count).